The molecule has 1 aromatic carbocycles. The van der Waals surface area contributed by atoms with Gasteiger partial charge in [0.2, 0.25) is 0 Å². The summed E-state index contributed by atoms with van der Waals surface area (Å²) < 4.78 is 28.3. The molecular formula is C14H11BF2N2. The van der Waals surface area contributed by atoms with Crippen LogP contribution in [0, 0.1) is 0 Å². The summed E-state index contributed by atoms with van der Waals surface area (Å²) in [6.07, 6.45) is 2.21. The van der Waals surface area contributed by atoms with Crippen molar-refractivity contribution in [2.75, 3.05) is 0 Å². The SMILES string of the molecule is [B]c1cc(C=C)n(-c2ccc(C(F)(F)C=C)cc2)n1. The second-order valence-electron chi connectivity index (χ2n) is 3.98. The molecule has 2 radical (unpaired) electrons. The van der Waals surface area contributed by atoms with Crippen molar-refractivity contribution in [3.63, 3.8) is 0 Å². The molecule has 0 atom stereocenters. The Hall–Kier alpha value is -2.17. The van der Waals surface area contributed by atoms with Crippen molar-refractivity contribution in [3.05, 3.63) is 60.8 Å². The summed E-state index contributed by atoms with van der Waals surface area (Å²) >= 11 is 0. The Morgan fingerprint density at radius 1 is 1.21 bits per heavy atom. The summed E-state index contributed by atoms with van der Waals surface area (Å²) in [4.78, 5) is 0. The molecule has 0 saturated heterocycles. The van der Waals surface area contributed by atoms with E-state index in [1.165, 1.54) is 16.8 Å². The molecule has 5 heteroatoms. The highest BCUT2D eigenvalue weighted by Crippen LogP contribution is 2.29. The largest absolute Gasteiger partial charge is 0.291 e. The lowest BCUT2D eigenvalue weighted by Gasteiger charge is -2.12. The Morgan fingerprint density at radius 3 is 2.37 bits per heavy atom. The fourth-order valence-electron chi connectivity index (χ4n) is 1.71. The van der Waals surface area contributed by atoms with Gasteiger partial charge in [0.05, 0.1) is 11.4 Å². The van der Waals surface area contributed by atoms with E-state index in [-0.39, 0.29) is 5.56 Å². The summed E-state index contributed by atoms with van der Waals surface area (Å²) in [5.41, 5.74) is 1.55. The van der Waals surface area contributed by atoms with E-state index in [4.69, 9.17) is 7.85 Å². The average Bonchev–Trinajstić information content (AvgIpc) is 2.80. The van der Waals surface area contributed by atoms with Crippen LogP contribution in [0.15, 0.2) is 49.6 Å². The third-order valence-electron chi connectivity index (χ3n) is 2.72. The van der Waals surface area contributed by atoms with Crippen molar-refractivity contribution in [1.29, 1.82) is 0 Å². The Balaban J connectivity index is 2.43. The minimum absolute atomic E-state index is 0.119. The predicted molar refractivity (Wildman–Crippen MR) is 73.1 cm³/mol. The molecule has 2 nitrogen and oxygen atoms in total. The van der Waals surface area contributed by atoms with Crippen molar-refractivity contribution >= 4 is 19.5 Å². The van der Waals surface area contributed by atoms with Gasteiger partial charge in [0, 0.05) is 11.2 Å². The van der Waals surface area contributed by atoms with Crippen molar-refractivity contribution in [3.8, 4) is 5.69 Å². The first kappa shape index (κ1) is 13.3. The van der Waals surface area contributed by atoms with Gasteiger partial charge >= 0.3 is 0 Å². The van der Waals surface area contributed by atoms with Crippen LogP contribution >= 0.6 is 0 Å². The molecule has 0 N–H and O–H groups in total. The van der Waals surface area contributed by atoms with Crippen LogP contribution in [0.1, 0.15) is 11.3 Å². The van der Waals surface area contributed by atoms with Crippen LogP contribution < -0.4 is 5.59 Å². The zero-order valence-corrected chi connectivity index (χ0v) is 10.2. The minimum atomic E-state index is -3.04. The van der Waals surface area contributed by atoms with Gasteiger partial charge in [0.25, 0.3) is 5.92 Å². The van der Waals surface area contributed by atoms with E-state index < -0.39 is 5.92 Å². The molecule has 0 saturated carbocycles. The normalized spacial score (nSPS) is 11.3. The predicted octanol–water partition coefficient (Wildman–Crippen LogP) is 2.59. The fraction of sp³-hybridized carbons (Fsp3) is 0.0714. The van der Waals surface area contributed by atoms with Crippen LogP contribution in [0.25, 0.3) is 11.8 Å². The molecule has 0 unspecified atom stereocenters. The van der Waals surface area contributed by atoms with E-state index in [9.17, 15) is 8.78 Å². The van der Waals surface area contributed by atoms with Gasteiger partial charge < -0.3 is 0 Å². The van der Waals surface area contributed by atoms with E-state index in [2.05, 4.69) is 18.3 Å². The molecule has 2 aromatic rings. The third kappa shape index (κ3) is 2.50. The quantitative estimate of drug-likeness (QED) is 0.607. The molecule has 19 heavy (non-hydrogen) atoms. The van der Waals surface area contributed by atoms with Crippen molar-refractivity contribution < 1.29 is 8.78 Å². The number of aromatic nitrogens is 2. The smallest absolute Gasteiger partial charge is 0.234 e. The lowest BCUT2D eigenvalue weighted by atomic mass is 10.1. The summed E-state index contributed by atoms with van der Waals surface area (Å²) in [5, 5.41) is 4.08. The Kier molecular flexibility index (Phi) is 3.38. The summed E-state index contributed by atoms with van der Waals surface area (Å²) in [6, 6.07) is 7.42. The molecular weight excluding hydrogens is 245 g/mol. The van der Waals surface area contributed by atoms with E-state index >= 15 is 0 Å². The highest BCUT2D eigenvalue weighted by molar-refractivity contribution is 6.30. The number of hydrogen-bond donors (Lipinski definition) is 0. The third-order valence-corrected chi connectivity index (χ3v) is 2.72. The summed E-state index contributed by atoms with van der Waals surface area (Å²) in [7, 11) is 5.60. The van der Waals surface area contributed by atoms with Crippen molar-refractivity contribution in [2.24, 2.45) is 0 Å². The summed E-state index contributed by atoms with van der Waals surface area (Å²) in [5.74, 6) is -3.04. The lowest BCUT2D eigenvalue weighted by Crippen LogP contribution is -2.10. The van der Waals surface area contributed by atoms with Gasteiger partial charge in [-0.2, -0.15) is 13.9 Å². The minimum Gasteiger partial charge on any atom is -0.234 e. The molecule has 0 amide bonds. The average molecular weight is 256 g/mol. The fourth-order valence-corrected chi connectivity index (χ4v) is 1.71. The number of hydrogen-bond acceptors (Lipinski definition) is 1. The first-order valence-corrected chi connectivity index (χ1v) is 5.58. The standard InChI is InChI=1S/C14H11BF2N2/c1-3-11-9-13(15)18-19(11)12-7-5-10(6-8-12)14(16,17)4-2/h3-9H,1-2H2. The number of halogens is 2. The van der Waals surface area contributed by atoms with E-state index in [1.54, 1.807) is 24.3 Å². The van der Waals surface area contributed by atoms with Crippen LogP contribution in [-0.4, -0.2) is 17.6 Å². The van der Waals surface area contributed by atoms with Gasteiger partial charge in [-0.15, -0.1) is 0 Å². The molecule has 0 fully saturated rings. The first-order chi connectivity index (χ1) is 8.97. The van der Waals surface area contributed by atoms with Crippen LogP contribution in [0.5, 0.6) is 0 Å². The highest BCUT2D eigenvalue weighted by atomic mass is 19.3. The Bertz CT molecular complexity index is 615. The number of nitrogens with zero attached hydrogens (tertiary/aromatic N) is 2. The maximum atomic E-state index is 13.4. The second kappa shape index (κ2) is 4.84. The second-order valence-corrected chi connectivity index (χ2v) is 3.98. The van der Waals surface area contributed by atoms with Crippen molar-refractivity contribution in [1.82, 2.24) is 9.78 Å². The molecule has 0 bridgehead atoms. The highest BCUT2D eigenvalue weighted by Gasteiger charge is 2.26. The van der Waals surface area contributed by atoms with Gasteiger partial charge in [0.15, 0.2) is 0 Å². The van der Waals surface area contributed by atoms with Gasteiger partial charge in [0.1, 0.15) is 7.85 Å². The molecule has 0 aliphatic rings. The molecule has 0 spiro atoms. The van der Waals surface area contributed by atoms with Crippen LogP contribution in [-0.2, 0) is 5.92 Å². The van der Waals surface area contributed by atoms with E-state index in [0.29, 0.717) is 23.1 Å². The number of allylic oxidation sites excluding steroid dienone is 1. The molecule has 2 rings (SSSR count). The number of alkyl halides is 2. The van der Waals surface area contributed by atoms with Gasteiger partial charge in [-0.25, -0.2) is 4.68 Å². The van der Waals surface area contributed by atoms with E-state index in [0.717, 1.165) is 0 Å². The zero-order valence-electron chi connectivity index (χ0n) is 10.2. The maximum Gasteiger partial charge on any atom is 0.291 e. The zero-order chi connectivity index (χ0) is 14.0. The van der Waals surface area contributed by atoms with Crippen LogP contribution in [0.4, 0.5) is 8.78 Å². The molecule has 1 aromatic heterocycles. The monoisotopic (exact) mass is 256 g/mol. The molecule has 1 heterocycles. The number of benzene rings is 1. The van der Waals surface area contributed by atoms with Gasteiger partial charge in [-0.05, 0) is 30.4 Å². The van der Waals surface area contributed by atoms with Crippen molar-refractivity contribution in [2.45, 2.75) is 5.92 Å². The van der Waals surface area contributed by atoms with Crippen LogP contribution in [0.2, 0.25) is 0 Å². The lowest BCUT2D eigenvalue weighted by molar-refractivity contribution is 0.0525. The van der Waals surface area contributed by atoms with E-state index in [1.807, 2.05) is 0 Å². The van der Waals surface area contributed by atoms with Gasteiger partial charge in [-0.3, -0.25) is 0 Å². The molecule has 0 aliphatic carbocycles. The van der Waals surface area contributed by atoms with Crippen LogP contribution in [0.3, 0.4) is 0 Å². The Labute approximate surface area is 111 Å². The topological polar surface area (TPSA) is 17.8 Å². The molecule has 94 valence electrons. The number of rotatable bonds is 4. The summed E-state index contributed by atoms with van der Waals surface area (Å²) in [6.45, 7) is 6.77. The maximum absolute atomic E-state index is 13.4. The molecule has 0 aliphatic heterocycles. The first-order valence-electron chi connectivity index (χ1n) is 5.58. The van der Waals surface area contributed by atoms with Gasteiger partial charge in [-0.1, -0.05) is 25.3 Å². The Morgan fingerprint density at radius 2 is 1.84 bits per heavy atom.